The van der Waals surface area contributed by atoms with Gasteiger partial charge in [0.1, 0.15) is 0 Å². The molecule has 0 unspecified atom stereocenters. The molecule has 1 aromatic rings. The van der Waals surface area contributed by atoms with Crippen molar-refractivity contribution in [1.29, 1.82) is 0 Å². The Bertz CT molecular complexity index is 397. The van der Waals surface area contributed by atoms with Crippen LogP contribution in [0, 0.1) is 0 Å². The summed E-state index contributed by atoms with van der Waals surface area (Å²) in [6, 6.07) is 4.92. The average Bonchev–Trinajstić information content (AvgIpc) is 2.94. The lowest BCUT2D eigenvalue weighted by Crippen LogP contribution is -2.46. The predicted octanol–water partition coefficient (Wildman–Crippen LogP) is 1.43. The summed E-state index contributed by atoms with van der Waals surface area (Å²) in [7, 11) is 3.64. The van der Waals surface area contributed by atoms with Crippen LogP contribution in [-0.4, -0.2) is 62.0 Å². The lowest BCUT2D eigenvalue weighted by atomic mass is 10.0. The third-order valence-corrected chi connectivity index (χ3v) is 4.77. The molecule has 20 heavy (non-hydrogen) atoms. The van der Waals surface area contributed by atoms with E-state index in [0.29, 0.717) is 12.6 Å². The van der Waals surface area contributed by atoms with Crippen LogP contribution in [-0.2, 0) is 11.2 Å². The fourth-order valence-corrected chi connectivity index (χ4v) is 3.19. The van der Waals surface area contributed by atoms with Gasteiger partial charge in [-0.15, -0.1) is 11.3 Å². The second-order valence-corrected chi connectivity index (χ2v) is 6.65. The van der Waals surface area contributed by atoms with E-state index in [2.05, 4.69) is 27.7 Å². The number of likely N-dealkylation sites (tertiary alicyclic amines) is 1. The van der Waals surface area contributed by atoms with E-state index in [1.54, 1.807) is 4.90 Å². The van der Waals surface area contributed by atoms with Crippen molar-refractivity contribution in [2.75, 3.05) is 40.3 Å². The zero-order valence-corrected chi connectivity index (χ0v) is 13.3. The minimum Gasteiger partial charge on any atom is -0.348 e. The Morgan fingerprint density at radius 3 is 2.80 bits per heavy atom. The summed E-state index contributed by atoms with van der Waals surface area (Å²) < 4.78 is 0. The second-order valence-electron chi connectivity index (χ2n) is 5.62. The molecule has 1 aromatic heterocycles. The van der Waals surface area contributed by atoms with Crippen molar-refractivity contribution in [3.8, 4) is 0 Å². The molecule has 4 nitrogen and oxygen atoms in total. The van der Waals surface area contributed by atoms with E-state index in [1.807, 2.05) is 25.4 Å². The number of amides is 1. The largest absolute Gasteiger partial charge is 0.348 e. The molecule has 0 radical (unpaired) electrons. The van der Waals surface area contributed by atoms with E-state index >= 15 is 0 Å². The maximum absolute atomic E-state index is 11.7. The fraction of sp³-hybridized carbons (Fsp3) is 0.667. The zero-order valence-electron chi connectivity index (χ0n) is 12.5. The fourth-order valence-electron chi connectivity index (χ4n) is 2.48. The number of thiophene rings is 1. The lowest BCUT2D eigenvalue weighted by molar-refractivity contribution is -0.130. The normalized spacial score (nSPS) is 17.3. The summed E-state index contributed by atoms with van der Waals surface area (Å²) in [5.41, 5.74) is 0. The zero-order chi connectivity index (χ0) is 14.4. The summed E-state index contributed by atoms with van der Waals surface area (Å²) >= 11 is 1.83. The standard InChI is InChI=1S/C15H25N3OS/c1-17(2)15(19)12-18-9-6-13(7-10-18)16-8-5-14-4-3-11-20-14/h3-4,11,13,16H,5-10,12H2,1-2H3. The number of rotatable bonds is 6. The highest BCUT2D eigenvalue weighted by Crippen LogP contribution is 2.12. The van der Waals surface area contributed by atoms with Gasteiger partial charge in [0.25, 0.3) is 0 Å². The van der Waals surface area contributed by atoms with E-state index in [1.165, 1.54) is 4.88 Å². The van der Waals surface area contributed by atoms with Crippen molar-refractivity contribution in [1.82, 2.24) is 15.1 Å². The molecule has 2 heterocycles. The van der Waals surface area contributed by atoms with E-state index in [4.69, 9.17) is 0 Å². The number of likely N-dealkylation sites (N-methyl/N-ethyl adjacent to an activating group) is 1. The van der Waals surface area contributed by atoms with Crippen LogP contribution in [0.4, 0.5) is 0 Å². The predicted molar refractivity (Wildman–Crippen MR) is 84.2 cm³/mol. The third-order valence-electron chi connectivity index (χ3n) is 3.83. The smallest absolute Gasteiger partial charge is 0.236 e. The van der Waals surface area contributed by atoms with E-state index < -0.39 is 0 Å². The Morgan fingerprint density at radius 2 is 2.20 bits per heavy atom. The van der Waals surface area contributed by atoms with Gasteiger partial charge in [-0.2, -0.15) is 0 Å². The van der Waals surface area contributed by atoms with E-state index in [-0.39, 0.29) is 5.91 Å². The van der Waals surface area contributed by atoms with Crippen LogP contribution in [0.5, 0.6) is 0 Å². The number of nitrogens with one attached hydrogen (secondary N) is 1. The van der Waals surface area contributed by atoms with E-state index in [0.717, 1.165) is 38.9 Å². The molecule has 1 fully saturated rings. The molecule has 0 saturated carbocycles. The first-order valence-corrected chi connectivity index (χ1v) is 8.21. The molecular formula is C15H25N3OS. The van der Waals surface area contributed by atoms with Gasteiger partial charge in [0.2, 0.25) is 5.91 Å². The number of carbonyl (C=O) groups is 1. The van der Waals surface area contributed by atoms with Crippen LogP contribution in [0.1, 0.15) is 17.7 Å². The SMILES string of the molecule is CN(C)C(=O)CN1CCC(NCCc2cccs2)CC1. The molecule has 0 aliphatic carbocycles. The van der Waals surface area contributed by atoms with Crippen LogP contribution in [0.25, 0.3) is 0 Å². The van der Waals surface area contributed by atoms with Crippen LogP contribution in [0.15, 0.2) is 17.5 Å². The number of piperidine rings is 1. The summed E-state index contributed by atoms with van der Waals surface area (Å²) in [4.78, 5) is 17.1. The van der Waals surface area contributed by atoms with Gasteiger partial charge < -0.3 is 10.2 Å². The van der Waals surface area contributed by atoms with Crippen molar-refractivity contribution in [2.45, 2.75) is 25.3 Å². The second kappa shape index (κ2) is 7.76. The number of hydrogen-bond donors (Lipinski definition) is 1. The molecule has 1 amide bonds. The molecule has 1 aliphatic heterocycles. The minimum atomic E-state index is 0.203. The van der Waals surface area contributed by atoms with Crippen molar-refractivity contribution in [3.63, 3.8) is 0 Å². The van der Waals surface area contributed by atoms with Crippen LogP contribution >= 0.6 is 11.3 Å². The number of hydrogen-bond acceptors (Lipinski definition) is 4. The summed E-state index contributed by atoms with van der Waals surface area (Å²) in [6.45, 7) is 3.67. The van der Waals surface area contributed by atoms with Crippen molar-refractivity contribution in [3.05, 3.63) is 22.4 Å². The lowest BCUT2D eigenvalue weighted by Gasteiger charge is -2.32. The highest BCUT2D eigenvalue weighted by Gasteiger charge is 2.20. The summed E-state index contributed by atoms with van der Waals surface area (Å²) in [5, 5.41) is 5.78. The van der Waals surface area contributed by atoms with Gasteiger partial charge in [-0.25, -0.2) is 0 Å². The quantitative estimate of drug-likeness (QED) is 0.862. The first-order valence-electron chi connectivity index (χ1n) is 7.33. The van der Waals surface area contributed by atoms with Gasteiger partial charge in [-0.1, -0.05) is 6.07 Å². The van der Waals surface area contributed by atoms with Gasteiger partial charge in [-0.05, 0) is 30.7 Å². The monoisotopic (exact) mass is 295 g/mol. The van der Waals surface area contributed by atoms with Crippen LogP contribution in [0.2, 0.25) is 0 Å². The summed E-state index contributed by atoms with van der Waals surface area (Å²) in [5.74, 6) is 0.203. The average molecular weight is 295 g/mol. The van der Waals surface area contributed by atoms with Gasteiger partial charge in [-0.3, -0.25) is 9.69 Å². The van der Waals surface area contributed by atoms with Crippen molar-refractivity contribution < 1.29 is 4.79 Å². The molecule has 112 valence electrons. The van der Waals surface area contributed by atoms with Gasteiger partial charge >= 0.3 is 0 Å². The van der Waals surface area contributed by atoms with Crippen molar-refractivity contribution in [2.24, 2.45) is 0 Å². The Balaban J connectivity index is 1.60. The van der Waals surface area contributed by atoms with E-state index in [9.17, 15) is 4.79 Å². The third kappa shape index (κ3) is 4.89. The molecule has 0 spiro atoms. The topological polar surface area (TPSA) is 35.6 Å². The van der Waals surface area contributed by atoms with Gasteiger partial charge in [0.15, 0.2) is 0 Å². The highest BCUT2D eigenvalue weighted by molar-refractivity contribution is 7.09. The molecule has 1 saturated heterocycles. The molecule has 5 heteroatoms. The molecular weight excluding hydrogens is 270 g/mol. The molecule has 1 N–H and O–H groups in total. The Labute approximate surface area is 125 Å². The molecule has 2 rings (SSSR count). The van der Waals surface area contributed by atoms with Crippen LogP contribution < -0.4 is 5.32 Å². The maximum Gasteiger partial charge on any atom is 0.236 e. The van der Waals surface area contributed by atoms with Crippen molar-refractivity contribution >= 4 is 17.2 Å². The number of carbonyl (C=O) groups excluding carboxylic acids is 1. The molecule has 0 aromatic carbocycles. The number of nitrogens with zero attached hydrogens (tertiary/aromatic N) is 2. The maximum atomic E-state index is 11.7. The Kier molecular flexibility index (Phi) is 6.01. The summed E-state index contributed by atoms with van der Waals surface area (Å²) in [6.07, 6.45) is 3.41. The van der Waals surface area contributed by atoms with Gasteiger partial charge in [0, 0.05) is 44.6 Å². The highest BCUT2D eigenvalue weighted by atomic mass is 32.1. The Hall–Kier alpha value is -0.910. The van der Waals surface area contributed by atoms with Crippen LogP contribution in [0.3, 0.4) is 0 Å². The molecule has 0 bridgehead atoms. The van der Waals surface area contributed by atoms with Gasteiger partial charge in [0.05, 0.1) is 6.54 Å². The Morgan fingerprint density at radius 1 is 1.45 bits per heavy atom. The molecule has 0 atom stereocenters. The first-order chi connectivity index (χ1) is 9.65. The minimum absolute atomic E-state index is 0.203. The first kappa shape index (κ1) is 15.5. The molecule has 1 aliphatic rings.